The molecule has 3 aromatic rings. The van der Waals surface area contributed by atoms with E-state index >= 15 is 0 Å². The van der Waals surface area contributed by atoms with Gasteiger partial charge in [0.1, 0.15) is 11.5 Å². The second kappa shape index (κ2) is 5.02. The van der Waals surface area contributed by atoms with Gasteiger partial charge < -0.3 is 5.32 Å². The number of nitrogens with zero attached hydrogens (tertiary/aromatic N) is 3. The molecule has 1 aromatic carbocycles. The molecule has 0 saturated heterocycles. The number of hydrogen-bond acceptors (Lipinski definition) is 4. The highest BCUT2D eigenvalue weighted by Gasteiger charge is 2.03. The molecule has 2 heterocycles. The standard InChI is InChI=1S/C15H14N4/c1-2-16-15-10-9-14(18-19-15)13-8-7-11-5-3-4-6-12(11)17-13/h3-10H,2H2,1H3,(H,16,19). The van der Waals surface area contributed by atoms with Gasteiger partial charge in [-0.2, -0.15) is 0 Å². The molecule has 0 saturated carbocycles. The zero-order valence-corrected chi connectivity index (χ0v) is 10.7. The molecule has 0 unspecified atom stereocenters. The van der Waals surface area contributed by atoms with E-state index in [0.717, 1.165) is 34.7 Å². The number of nitrogens with one attached hydrogen (secondary N) is 1. The summed E-state index contributed by atoms with van der Waals surface area (Å²) in [5.41, 5.74) is 2.60. The van der Waals surface area contributed by atoms with Gasteiger partial charge in [-0.1, -0.05) is 24.3 Å². The van der Waals surface area contributed by atoms with Crippen LogP contribution in [0.15, 0.2) is 48.5 Å². The summed E-state index contributed by atoms with van der Waals surface area (Å²) in [5, 5.41) is 12.6. The summed E-state index contributed by atoms with van der Waals surface area (Å²) in [7, 11) is 0. The highest BCUT2D eigenvalue weighted by molar-refractivity contribution is 5.80. The van der Waals surface area contributed by atoms with Crippen LogP contribution < -0.4 is 5.32 Å². The Morgan fingerprint density at radius 1 is 0.895 bits per heavy atom. The van der Waals surface area contributed by atoms with Gasteiger partial charge in [-0.25, -0.2) is 4.98 Å². The predicted molar refractivity (Wildman–Crippen MR) is 76.9 cm³/mol. The van der Waals surface area contributed by atoms with Gasteiger partial charge in [0.2, 0.25) is 0 Å². The molecule has 0 aliphatic rings. The van der Waals surface area contributed by atoms with Crippen molar-refractivity contribution in [3.05, 3.63) is 48.5 Å². The van der Waals surface area contributed by atoms with Crippen LogP contribution in [0, 0.1) is 0 Å². The van der Waals surface area contributed by atoms with Crippen molar-refractivity contribution in [3.63, 3.8) is 0 Å². The maximum Gasteiger partial charge on any atom is 0.148 e. The minimum atomic E-state index is 0.784. The molecule has 1 N–H and O–H groups in total. The lowest BCUT2D eigenvalue weighted by Crippen LogP contribution is -2.00. The Bertz CT molecular complexity index is 692. The van der Waals surface area contributed by atoms with E-state index in [1.807, 2.05) is 49.4 Å². The SMILES string of the molecule is CCNc1ccc(-c2ccc3ccccc3n2)nn1. The normalized spacial score (nSPS) is 10.6. The Morgan fingerprint density at radius 2 is 1.74 bits per heavy atom. The number of para-hydroxylation sites is 1. The fourth-order valence-electron chi connectivity index (χ4n) is 1.95. The van der Waals surface area contributed by atoms with Crippen LogP contribution in [0.4, 0.5) is 5.82 Å². The van der Waals surface area contributed by atoms with Crippen LogP contribution in [-0.2, 0) is 0 Å². The number of pyridine rings is 1. The van der Waals surface area contributed by atoms with E-state index in [4.69, 9.17) is 0 Å². The largest absolute Gasteiger partial charge is 0.369 e. The average molecular weight is 250 g/mol. The quantitative estimate of drug-likeness (QED) is 0.776. The van der Waals surface area contributed by atoms with E-state index in [0.29, 0.717) is 0 Å². The van der Waals surface area contributed by atoms with E-state index in [9.17, 15) is 0 Å². The Labute approximate surface area is 111 Å². The molecule has 19 heavy (non-hydrogen) atoms. The maximum atomic E-state index is 4.60. The van der Waals surface area contributed by atoms with Crippen molar-refractivity contribution in [2.75, 3.05) is 11.9 Å². The molecule has 0 bridgehead atoms. The third kappa shape index (κ3) is 2.38. The predicted octanol–water partition coefficient (Wildman–Crippen LogP) is 3.12. The highest BCUT2D eigenvalue weighted by atomic mass is 15.2. The third-order valence-corrected chi connectivity index (χ3v) is 2.88. The third-order valence-electron chi connectivity index (χ3n) is 2.88. The molecule has 2 aromatic heterocycles. The first-order chi connectivity index (χ1) is 9.36. The number of anilines is 1. The molecule has 0 spiro atoms. The molecule has 3 rings (SSSR count). The summed E-state index contributed by atoms with van der Waals surface area (Å²) in [5.74, 6) is 0.784. The molecular weight excluding hydrogens is 236 g/mol. The van der Waals surface area contributed by atoms with Crippen LogP contribution in [0.2, 0.25) is 0 Å². The number of hydrogen-bond donors (Lipinski definition) is 1. The first-order valence-corrected chi connectivity index (χ1v) is 6.30. The zero-order chi connectivity index (χ0) is 13.1. The monoisotopic (exact) mass is 250 g/mol. The summed E-state index contributed by atoms with van der Waals surface area (Å²) in [6.45, 7) is 2.86. The van der Waals surface area contributed by atoms with Gasteiger partial charge >= 0.3 is 0 Å². The van der Waals surface area contributed by atoms with Gasteiger partial charge in [0, 0.05) is 11.9 Å². The number of benzene rings is 1. The van der Waals surface area contributed by atoms with Gasteiger partial charge in [-0.05, 0) is 31.2 Å². The summed E-state index contributed by atoms with van der Waals surface area (Å²) >= 11 is 0. The van der Waals surface area contributed by atoms with Gasteiger partial charge in [-0.15, -0.1) is 10.2 Å². The van der Waals surface area contributed by atoms with Crippen LogP contribution >= 0.6 is 0 Å². The molecule has 4 nitrogen and oxygen atoms in total. The van der Waals surface area contributed by atoms with Crippen molar-refractivity contribution in [2.24, 2.45) is 0 Å². The summed E-state index contributed by atoms with van der Waals surface area (Å²) in [6, 6.07) is 15.9. The molecule has 4 heteroatoms. The van der Waals surface area contributed by atoms with Crippen LogP contribution in [-0.4, -0.2) is 21.7 Å². The average Bonchev–Trinajstić information content (AvgIpc) is 2.48. The smallest absolute Gasteiger partial charge is 0.148 e. The molecule has 0 aliphatic heterocycles. The minimum absolute atomic E-state index is 0.784. The molecule has 0 atom stereocenters. The van der Waals surface area contributed by atoms with Gasteiger partial charge in [0.25, 0.3) is 0 Å². The topological polar surface area (TPSA) is 50.7 Å². The molecule has 0 amide bonds. The van der Waals surface area contributed by atoms with Crippen molar-refractivity contribution in [1.82, 2.24) is 15.2 Å². The van der Waals surface area contributed by atoms with E-state index < -0.39 is 0 Å². The van der Waals surface area contributed by atoms with E-state index in [1.54, 1.807) is 0 Å². The fourth-order valence-corrected chi connectivity index (χ4v) is 1.95. The summed E-state index contributed by atoms with van der Waals surface area (Å²) < 4.78 is 0. The number of aromatic nitrogens is 3. The van der Waals surface area contributed by atoms with E-state index in [-0.39, 0.29) is 0 Å². The fraction of sp³-hybridized carbons (Fsp3) is 0.133. The van der Waals surface area contributed by atoms with Crippen molar-refractivity contribution < 1.29 is 0 Å². The van der Waals surface area contributed by atoms with E-state index in [2.05, 4.69) is 26.6 Å². The Kier molecular flexibility index (Phi) is 3.06. The number of fused-ring (bicyclic) bond motifs is 1. The molecule has 0 fully saturated rings. The molecule has 94 valence electrons. The summed E-state index contributed by atoms with van der Waals surface area (Å²) in [6.07, 6.45) is 0. The van der Waals surface area contributed by atoms with Gasteiger partial charge in [0.15, 0.2) is 0 Å². The van der Waals surface area contributed by atoms with Crippen molar-refractivity contribution >= 4 is 16.7 Å². The van der Waals surface area contributed by atoms with Crippen LogP contribution in [0.25, 0.3) is 22.3 Å². The molecule has 0 aliphatic carbocycles. The van der Waals surface area contributed by atoms with Crippen LogP contribution in [0.1, 0.15) is 6.92 Å². The molecule has 0 radical (unpaired) electrons. The lowest BCUT2D eigenvalue weighted by Gasteiger charge is -2.04. The van der Waals surface area contributed by atoms with Crippen molar-refractivity contribution in [3.8, 4) is 11.4 Å². The highest BCUT2D eigenvalue weighted by Crippen LogP contribution is 2.19. The first kappa shape index (κ1) is 11.6. The number of rotatable bonds is 3. The Hall–Kier alpha value is -2.49. The lowest BCUT2D eigenvalue weighted by molar-refractivity contribution is 1.01. The van der Waals surface area contributed by atoms with Crippen molar-refractivity contribution in [2.45, 2.75) is 6.92 Å². The van der Waals surface area contributed by atoms with Crippen LogP contribution in [0.3, 0.4) is 0 Å². The zero-order valence-electron chi connectivity index (χ0n) is 10.7. The molecular formula is C15H14N4. The Balaban J connectivity index is 1.99. The van der Waals surface area contributed by atoms with Gasteiger partial charge in [0.05, 0.1) is 11.2 Å². The maximum absolute atomic E-state index is 4.60. The lowest BCUT2D eigenvalue weighted by atomic mass is 10.2. The first-order valence-electron chi connectivity index (χ1n) is 6.30. The second-order valence-electron chi connectivity index (χ2n) is 4.22. The van der Waals surface area contributed by atoms with Crippen molar-refractivity contribution in [1.29, 1.82) is 0 Å². The summed E-state index contributed by atoms with van der Waals surface area (Å²) in [4.78, 5) is 4.60. The van der Waals surface area contributed by atoms with Gasteiger partial charge in [-0.3, -0.25) is 0 Å². The van der Waals surface area contributed by atoms with Crippen LogP contribution in [0.5, 0.6) is 0 Å². The van der Waals surface area contributed by atoms with E-state index in [1.165, 1.54) is 0 Å². The minimum Gasteiger partial charge on any atom is -0.369 e. The second-order valence-corrected chi connectivity index (χ2v) is 4.22. The Morgan fingerprint density at radius 3 is 2.53 bits per heavy atom.